The number of rotatable bonds is 2. The summed E-state index contributed by atoms with van der Waals surface area (Å²) < 4.78 is 5.51. The van der Waals surface area contributed by atoms with E-state index in [4.69, 9.17) is 9.84 Å². The summed E-state index contributed by atoms with van der Waals surface area (Å²) in [6, 6.07) is 0.332. The van der Waals surface area contributed by atoms with E-state index in [1.807, 2.05) is 6.92 Å². The molecule has 0 bridgehead atoms. The second-order valence-corrected chi connectivity index (χ2v) is 5.09. The van der Waals surface area contributed by atoms with Gasteiger partial charge >= 0.3 is 6.03 Å². The van der Waals surface area contributed by atoms with Gasteiger partial charge in [-0.2, -0.15) is 0 Å². The first-order valence-electron chi connectivity index (χ1n) is 6.51. The lowest BCUT2D eigenvalue weighted by Gasteiger charge is -2.36. The number of nitrogens with one attached hydrogen (secondary N) is 1. The first kappa shape index (κ1) is 12.6. The highest BCUT2D eigenvalue weighted by molar-refractivity contribution is 5.74. The van der Waals surface area contributed by atoms with Gasteiger partial charge in [0.2, 0.25) is 0 Å². The van der Waals surface area contributed by atoms with E-state index < -0.39 is 0 Å². The summed E-state index contributed by atoms with van der Waals surface area (Å²) in [4.78, 5) is 13.8. The number of hydrogen-bond acceptors (Lipinski definition) is 3. The van der Waals surface area contributed by atoms with Crippen molar-refractivity contribution in [3.8, 4) is 0 Å². The second-order valence-electron chi connectivity index (χ2n) is 5.09. The maximum Gasteiger partial charge on any atom is 0.317 e. The van der Waals surface area contributed by atoms with Crippen molar-refractivity contribution in [2.75, 3.05) is 19.7 Å². The van der Waals surface area contributed by atoms with Gasteiger partial charge in [0.1, 0.15) is 0 Å². The van der Waals surface area contributed by atoms with Gasteiger partial charge in [-0.05, 0) is 19.8 Å². The molecule has 0 aromatic carbocycles. The topological polar surface area (TPSA) is 61.8 Å². The Morgan fingerprint density at radius 1 is 1.41 bits per heavy atom. The van der Waals surface area contributed by atoms with Crippen LogP contribution in [0.2, 0.25) is 0 Å². The van der Waals surface area contributed by atoms with Crippen LogP contribution in [0.15, 0.2) is 0 Å². The minimum absolute atomic E-state index is 0.00442. The van der Waals surface area contributed by atoms with E-state index in [9.17, 15) is 4.79 Å². The molecule has 2 unspecified atom stereocenters. The fourth-order valence-corrected chi connectivity index (χ4v) is 2.65. The third-order valence-electron chi connectivity index (χ3n) is 3.50. The smallest absolute Gasteiger partial charge is 0.317 e. The number of amides is 2. The summed E-state index contributed by atoms with van der Waals surface area (Å²) in [6.07, 6.45) is 4.36. The summed E-state index contributed by atoms with van der Waals surface area (Å²) in [6.45, 7) is 2.99. The average molecular weight is 242 g/mol. The molecule has 2 amide bonds. The van der Waals surface area contributed by atoms with Gasteiger partial charge in [0, 0.05) is 12.6 Å². The third-order valence-corrected chi connectivity index (χ3v) is 3.50. The molecule has 1 heterocycles. The molecule has 2 fully saturated rings. The van der Waals surface area contributed by atoms with Gasteiger partial charge < -0.3 is 20.1 Å². The molecular formula is C12H22N2O3. The van der Waals surface area contributed by atoms with Crippen molar-refractivity contribution in [2.24, 2.45) is 0 Å². The molecule has 98 valence electrons. The quantitative estimate of drug-likeness (QED) is 0.750. The minimum atomic E-state index is -0.243. The van der Waals surface area contributed by atoms with E-state index in [0.29, 0.717) is 19.1 Å². The molecule has 0 radical (unpaired) electrons. The zero-order valence-electron chi connectivity index (χ0n) is 10.4. The van der Waals surface area contributed by atoms with Crippen LogP contribution in [0.5, 0.6) is 0 Å². The van der Waals surface area contributed by atoms with E-state index in [2.05, 4.69) is 5.32 Å². The van der Waals surface area contributed by atoms with Crippen molar-refractivity contribution < 1.29 is 14.6 Å². The van der Waals surface area contributed by atoms with Crippen LogP contribution in [0, 0.1) is 0 Å². The summed E-state index contributed by atoms with van der Waals surface area (Å²) in [7, 11) is 0. The molecule has 0 aromatic rings. The van der Waals surface area contributed by atoms with E-state index in [1.165, 1.54) is 12.8 Å². The number of carbonyl (C=O) groups is 1. The molecule has 2 atom stereocenters. The van der Waals surface area contributed by atoms with Crippen LogP contribution in [0.1, 0.15) is 32.6 Å². The summed E-state index contributed by atoms with van der Waals surface area (Å²) in [5, 5.41) is 12.2. The van der Waals surface area contributed by atoms with Crippen molar-refractivity contribution in [3.63, 3.8) is 0 Å². The molecule has 17 heavy (non-hydrogen) atoms. The lowest BCUT2D eigenvalue weighted by molar-refractivity contribution is -0.0835. The van der Waals surface area contributed by atoms with E-state index in [1.54, 1.807) is 4.90 Å². The molecule has 2 N–H and O–H groups in total. The van der Waals surface area contributed by atoms with Gasteiger partial charge in [-0.1, -0.05) is 12.8 Å². The van der Waals surface area contributed by atoms with Crippen LogP contribution in [0.3, 0.4) is 0 Å². The Balaban J connectivity index is 1.84. The number of morpholine rings is 1. The van der Waals surface area contributed by atoms with Crippen LogP contribution < -0.4 is 5.32 Å². The van der Waals surface area contributed by atoms with Crippen LogP contribution in [-0.2, 0) is 4.74 Å². The number of carbonyl (C=O) groups excluding carboxylic acids is 1. The van der Waals surface area contributed by atoms with Crippen LogP contribution in [0.4, 0.5) is 4.79 Å². The predicted octanol–water partition coefficient (Wildman–Crippen LogP) is 0.720. The van der Waals surface area contributed by atoms with Crippen molar-refractivity contribution in [1.29, 1.82) is 0 Å². The van der Waals surface area contributed by atoms with Gasteiger partial charge in [-0.25, -0.2) is 4.79 Å². The molecule has 2 rings (SSSR count). The predicted molar refractivity (Wildman–Crippen MR) is 63.8 cm³/mol. The Labute approximate surface area is 102 Å². The molecular weight excluding hydrogens is 220 g/mol. The van der Waals surface area contributed by atoms with Gasteiger partial charge in [0.05, 0.1) is 25.4 Å². The molecule has 1 aliphatic carbocycles. The van der Waals surface area contributed by atoms with Gasteiger partial charge in [-0.15, -0.1) is 0 Å². The lowest BCUT2D eigenvalue weighted by Crippen LogP contribution is -2.54. The van der Waals surface area contributed by atoms with Crippen molar-refractivity contribution in [2.45, 2.75) is 50.9 Å². The van der Waals surface area contributed by atoms with E-state index in [0.717, 1.165) is 12.8 Å². The number of hydrogen-bond donors (Lipinski definition) is 2. The Morgan fingerprint density at radius 2 is 2.12 bits per heavy atom. The Bertz CT molecular complexity index is 266. The first-order chi connectivity index (χ1) is 8.19. The summed E-state index contributed by atoms with van der Waals surface area (Å²) >= 11 is 0. The third kappa shape index (κ3) is 3.33. The number of urea groups is 1. The highest BCUT2D eigenvalue weighted by Crippen LogP contribution is 2.18. The molecule has 0 spiro atoms. The number of ether oxygens (including phenoxy) is 1. The SMILES string of the molecule is CC1CN(C(=O)NC2CCCC2)CC(CO)O1. The maximum absolute atomic E-state index is 12.0. The zero-order chi connectivity index (χ0) is 12.3. The number of aliphatic hydroxyl groups excluding tert-OH is 1. The molecule has 0 aromatic heterocycles. The second kappa shape index (κ2) is 5.69. The number of aliphatic hydroxyl groups is 1. The van der Waals surface area contributed by atoms with E-state index >= 15 is 0 Å². The van der Waals surface area contributed by atoms with Crippen molar-refractivity contribution in [3.05, 3.63) is 0 Å². The zero-order valence-corrected chi connectivity index (χ0v) is 10.4. The Hall–Kier alpha value is -0.810. The van der Waals surface area contributed by atoms with Crippen LogP contribution >= 0.6 is 0 Å². The number of nitrogens with zero attached hydrogens (tertiary/aromatic N) is 1. The van der Waals surface area contributed by atoms with E-state index in [-0.39, 0.29) is 24.8 Å². The molecule has 5 heteroatoms. The van der Waals surface area contributed by atoms with Crippen molar-refractivity contribution in [1.82, 2.24) is 10.2 Å². The van der Waals surface area contributed by atoms with Gasteiger partial charge in [0.15, 0.2) is 0 Å². The summed E-state index contributed by atoms with van der Waals surface area (Å²) in [5.74, 6) is 0. The maximum atomic E-state index is 12.0. The Morgan fingerprint density at radius 3 is 2.76 bits per heavy atom. The normalized spacial score (nSPS) is 30.6. The summed E-state index contributed by atoms with van der Waals surface area (Å²) in [5.41, 5.74) is 0. The monoisotopic (exact) mass is 242 g/mol. The molecule has 1 aliphatic heterocycles. The lowest BCUT2D eigenvalue weighted by atomic mass is 10.2. The Kier molecular flexibility index (Phi) is 4.23. The minimum Gasteiger partial charge on any atom is -0.394 e. The highest BCUT2D eigenvalue weighted by atomic mass is 16.5. The standard InChI is InChI=1S/C12H22N2O3/c1-9-6-14(7-11(8-15)17-9)12(16)13-10-4-2-3-5-10/h9-11,15H,2-8H2,1H3,(H,13,16). The fourth-order valence-electron chi connectivity index (χ4n) is 2.65. The largest absolute Gasteiger partial charge is 0.394 e. The molecule has 2 aliphatic rings. The molecule has 1 saturated heterocycles. The van der Waals surface area contributed by atoms with Crippen LogP contribution in [0.25, 0.3) is 0 Å². The fraction of sp³-hybridized carbons (Fsp3) is 0.917. The molecule has 1 saturated carbocycles. The average Bonchev–Trinajstić information content (AvgIpc) is 2.81. The van der Waals surface area contributed by atoms with Gasteiger partial charge in [-0.3, -0.25) is 0 Å². The van der Waals surface area contributed by atoms with Crippen LogP contribution in [-0.4, -0.2) is 54.0 Å². The van der Waals surface area contributed by atoms with Crippen molar-refractivity contribution >= 4 is 6.03 Å². The first-order valence-corrected chi connectivity index (χ1v) is 6.51. The molecule has 5 nitrogen and oxygen atoms in total. The highest BCUT2D eigenvalue weighted by Gasteiger charge is 2.29. The van der Waals surface area contributed by atoms with Gasteiger partial charge in [0.25, 0.3) is 0 Å².